The molecule has 1 aliphatic rings. The molecule has 2 aromatic rings. The van der Waals surface area contributed by atoms with E-state index in [2.05, 4.69) is 19.1 Å². The van der Waals surface area contributed by atoms with Crippen LogP contribution in [-0.4, -0.2) is 0 Å². The summed E-state index contributed by atoms with van der Waals surface area (Å²) in [5.41, 5.74) is 2.89. The van der Waals surface area contributed by atoms with Crippen molar-refractivity contribution in [1.29, 1.82) is 0 Å². The van der Waals surface area contributed by atoms with Gasteiger partial charge in [-0.2, -0.15) is 0 Å². The van der Waals surface area contributed by atoms with Crippen LogP contribution in [0.15, 0.2) is 36.4 Å². The minimum Gasteiger partial charge on any atom is -0.457 e. The van der Waals surface area contributed by atoms with Crippen molar-refractivity contribution in [1.82, 2.24) is 0 Å². The van der Waals surface area contributed by atoms with Gasteiger partial charge in [-0.25, -0.2) is 0 Å². The fraction of sp³-hybridized carbons (Fsp3) is 0.368. The summed E-state index contributed by atoms with van der Waals surface area (Å²) in [6, 6.07) is 11.8. The fourth-order valence-electron chi connectivity index (χ4n) is 3.25. The minimum absolute atomic E-state index is 0.514. The summed E-state index contributed by atoms with van der Waals surface area (Å²) < 4.78 is 5.97. The highest BCUT2D eigenvalue weighted by Gasteiger charge is 2.20. The smallest absolute Gasteiger partial charge is 0.129 e. The zero-order chi connectivity index (χ0) is 15.5. The van der Waals surface area contributed by atoms with E-state index in [1.807, 2.05) is 12.1 Å². The van der Waals surface area contributed by atoms with E-state index in [4.69, 9.17) is 27.9 Å². The molecule has 0 aromatic heterocycles. The van der Waals surface area contributed by atoms with E-state index in [0.717, 1.165) is 17.9 Å². The van der Waals surface area contributed by atoms with Crippen LogP contribution in [0, 0.1) is 0 Å². The zero-order valence-corrected chi connectivity index (χ0v) is 14.3. The lowest BCUT2D eigenvalue weighted by Gasteiger charge is -2.16. The van der Waals surface area contributed by atoms with Gasteiger partial charge < -0.3 is 4.74 Å². The Hall–Kier alpha value is -1.18. The summed E-state index contributed by atoms with van der Waals surface area (Å²) in [5, 5.41) is 1.06. The van der Waals surface area contributed by atoms with Gasteiger partial charge in [0.15, 0.2) is 0 Å². The van der Waals surface area contributed by atoms with Crippen molar-refractivity contribution >= 4 is 23.2 Å². The van der Waals surface area contributed by atoms with Gasteiger partial charge in [0.1, 0.15) is 11.5 Å². The van der Waals surface area contributed by atoms with E-state index in [-0.39, 0.29) is 0 Å². The third-order valence-corrected chi connectivity index (χ3v) is 5.16. The molecule has 2 aromatic carbocycles. The number of hydrogen-bond donors (Lipinski definition) is 0. The third-order valence-electron chi connectivity index (χ3n) is 4.42. The van der Waals surface area contributed by atoms with Gasteiger partial charge in [-0.1, -0.05) is 49.0 Å². The molecule has 1 nitrogen and oxygen atoms in total. The molecule has 0 spiro atoms. The highest BCUT2D eigenvalue weighted by atomic mass is 35.5. The summed E-state index contributed by atoms with van der Waals surface area (Å²) in [6.07, 6.45) is 6.34. The lowest BCUT2D eigenvalue weighted by molar-refractivity contribution is 0.480. The molecule has 116 valence electrons. The predicted octanol–water partition coefficient (Wildman–Crippen LogP) is 7.01. The number of aryl methyl sites for hydroxylation is 1. The largest absolute Gasteiger partial charge is 0.457 e. The number of halogens is 2. The summed E-state index contributed by atoms with van der Waals surface area (Å²) >= 11 is 12.0. The molecule has 0 heterocycles. The molecule has 0 amide bonds. The lowest BCUT2D eigenvalue weighted by atomic mass is 9.91. The Morgan fingerprint density at radius 3 is 2.32 bits per heavy atom. The van der Waals surface area contributed by atoms with Gasteiger partial charge in [-0.3, -0.25) is 0 Å². The lowest BCUT2D eigenvalue weighted by Crippen LogP contribution is -1.99. The van der Waals surface area contributed by atoms with E-state index in [1.165, 1.54) is 36.8 Å². The Morgan fingerprint density at radius 1 is 0.955 bits per heavy atom. The first-order valence-electron chi connectivity index (χ1n) is 7.93. The number of hydrogen-bond acceptors (Lipinski definition) is 1. The molecule has 0 bridgehead atoms. The molecule has 1 fully saturated rings. The SMILES string of the molecule is CCc1ccc(Oc2ccc(Cl)c(Cl)c2)cc1C1CCCC1. The first-order chi connectivity index (χ1) is 10.7. The van der Waals surface area contributed by atoms with Crippen LogP contribution in [0.25, 0.3) is 0 Å². The highest BCUT2D eigenvalue weighted by molar-refractivity contribution is 6.42. The molecule has 0 saturated heterocycles. The van der Waals surface area contributed by atoms with E-state index in [9.17, 15) is 0 Å². The summed E-state index contributed by atoms with van der Waals surface area (Å²) in [4.78, 5) is 0. The van der Waals surface area contributed by atoms with Crippen LogP contribution >= 0.6 is 23.2 Å². The molecular formula is C19H20Cl2O. The average molecular weight is 335 g/mol. The quantitative estimate of drug-likeness (QED) is 0.584. The Balaban J connectivity index is 1.87. The van der Waals surface area contributed by atoms with Crippen LogP contribution in [0.4, 0.5) is 0 Å². The van der Waals surface area contributed by atoms with Crippen molar-refractivity contribution < 1.29 is 4.74 Å². The van der Waals surface area contributed by atoms with Crippen LogP contribution in [0.1, 0.15) is 49.7 Å². The van der Waals surface area contributed by atoms with Crippen LogP contribution in [-0.2, 0) is 6.42 Å². The van der Waals surface area contributed by atoms with Crippen molar-refractivity contribution in [3.63, 3.8) is 0 Å². The Labute approximate surface area is 142 Å². The number of rotatable bonds is 4. The van der Waals surface area contributed by atoms with Crippen LogP contribution in [0.5, 0.6) is 11.5 Å². The first kappa shape index (κ1) is 15.7. The maximum absolute atomic E-state index is 6.05. The second-order valence-electron chi connectivity index (χ2n) is 5.87. The summed E-state index contributed by atoms with van der Waals surface area (Å²) in [6.45, 7) is 2.22. The molecule has 1 aliphatic carbocycles. The molecular weight excluding hydrogens is 315 g/mol. The Bertz CT molecular complexity index is 660. The van der Waals surface area contributed by atoms with E-state index in [1.54, 1.807) is 12.1 Å². The first-order valence-corrected chi connectivity index (χ1v) is 8.68. The summed E-state index contributed by atoms with van der Waals surface area (Å²) in [7, 11) is 0. The highest BCUT2D eigenvalue weighted by Crippen LogP contribution is 2.38. The average Bonchev–Trinajstić information content (AvgIpc) is 3.05. The molecule has 0 atom stereocenters. The number of benzene rings is 2. The third kappa shape index (κ3) is 3.42. The van der Waals surface area contributed by atoms with E-state index in [0.29, 0.717) is 16.0 Å². The number of ether oxygens (including phenoxy) is 1. The molecule has 0 N–H and O–H groups in total. The fourth-order valence-corrected chi connectivity index (χ4v) is 3.54. The van der Waals surface area contributed by atoms with Gasteiger partial charge in [-0.05, 0) is 60.6 Å². The molecule has 0 aliphatic heterocycles. The molecule has 0 radical (unpaired) electrons. The van der Waals surface area contributed by atoms with Crippen molar-refractivity contribution in [2.75, 3.05) is 0 Å². The molecule has 22 heavy (non-hydrogen) atoms. The van der Waals surface area contributed by atoms with Gasteiger partial charge in [0, 0.05) is 6.07 Å². The summed E-state index contributed by atoms with van der Waals surface area (Å²) in [5.74, 6) is 2.28. The topological polar surface area (TPSA) is 9.23 Å². The van der Waals surface area contributed by atoms with Crippen LogP contribution in [0.2, 0.25) is 10.0 Å². The van der Waals surface area contributed by atoms with E-state index < -0.39 is 0 Å². The van der Waals surface area contributed by atoms with Gasteiger partial charge in [0.2, 0.25) is 0 Å². The maximum Gasteiger partial charge on any atom is 0.129 e. The van der Waals surface area contributed by atoms with Gasteiger partial charge in [-0.15, -0.1) is 0 Å². The van der Waals surface area contributed by atoms with Gasteiger partial charge >= 0.3 is 0 Å². The van der Waals surface area contributed by atoms with Crippen molar-refractivity contribution in [3.8, 4) is 11.5 Å². The van der Waals surface area contributed by atoms with Crippen molar-refractivity contribution in [2.24, 2.45) is 0 Å². The zero-order valence-electron chi connectivity index (χ0n) is 12.7. The second-order valence-corrected chi connectivity index (χ2v) is 6.69. The standard InChI is InChI=1S/C19H20Cl2O/c1-2-13-7-8-15(11-17(13)14-5-3-4-6-14)22-16-9-10-18(20)19(21)12-16/h7-12,14H,2-6H2,1H3. The van der Waals surface area contributed by atoms with Crippen molar-refractivity contribution in [3.05, 3.63) is 57.6 Å². The monoisotopic (exact) mass is 334 g/mol. The maximum atomic E-state index is 6.05. The van der Waals surface area contributed by atoms with Crippen LogP contribution < -0.4 is 4.74 Å². The van der Waals surface area contributed by atoms with E-state index >= 15 is 0 Å². The second kappa shape index (κ2) is 6.93. The molecule has 3 rings (SSSR count). The van der Waals surface area contributed by atoms with Crippen molar-refractivity contribution in [2.45, 2.75) is 44.9 Å². The van der Waals surface area contributed by atoms with Gasteiger partial charge in [0.05, 0.1) is 10.0 Å². The van der Waals surface area contributed by atoms with Gasteiger partial charge in [0.25, 0.3) is 0 Å². The normalized spacial score (nSPS) is 15.2. The molecule has 0 unspecified atom stereocenters. The minimum atomic E-state index is 0.514. The predicted molar refractivity (Wildman–Crippen MR) is 93.6 cm³/mol. The Kier molecular flexibility index (Phi) is 4.95. The molecule has 3 heteroatoms. The Morgan fingerprint density at radius 2 is 1.64 bits per heavy atom. The molecule has 1 saturated carbocycles. The van der Waals surface area contributed by atoms with Crippen LogP contribution in [0.3, 0.4) is 0 Å².